The van der Waals surface area contributed by atoms with Crippen LogP contribution in [0.5, 0.6) is 0 Å². The summed E-state index contributed by atoms with van der Waals surface area (Å²) in [6, 6.07) is 4.88. The Morgan fingerprint density at radius 2 is 2.10 bits per heavy atom. The Labute approximate surface area is 124 Å². The van der Waals surface area contributed by atoms with Crippen LogP contribution in [0.25, 0.3) is 0 Å². The molecule has 0 heterocycles. The third-order valence-corrected chi connectivity index (χ3v) is 3.93. The Bertz CT molecular complexity index is 491. The van der Waals surface area contributed by atoms with Gasteiger partial charge in [0.2, 0.25) is 5.91 Å². The van der Waals surface area contributed by atoms with Gasteiger partial charge >= 0.3 is 0 Å². The molecule has 0 saturated heterocycles. The summed E-state index contributed by atoms with van der Waals surface area (Å²) in [6.07, 6.45) is 4.28. The number of benzene rings is 1. The van der Waals surface area contributed by atoms with E-state index in [1.807, 2.05) is 0 Å². The van der Waals surface area contributed by atoms with Crippen LogP contribution in [0, 0.1) is 11.7 Å². The number of aryl methyl sites for hydroxylation is 1. The van der Waals surface area contributed by atoms with Crippen LogP contribution in [0.4, 0.5) is 4.39 Å². The minimum absolute atomic E-state index is 0. The normalized spacial score (nSPS) is 20.1. The number of halogens is 2. The van der Waals surface area contributed by atoms with Crippen LogP contribution >= 0.6 is 12.4 Å². The molecule has 110 valence electrons. The predicted octanol–water partition coefficient (Wildman–Crippen LogP) is 2.35. The Morgan fingerprint density at radius 1 is 1.30 bits per heavy atom. The first-order valence-electron chi connectivity index (χ1n) is 7.01. The summed E-state index contributed by atoms with van der Waals surface area (Å²) in [7, 11) is 0. The smallest absolute Gasteiger partial charge is 0.234 e. The van der Waals surface area contributed by atoms with Crippen molar-refractivity contribution in [1.29, 1.82) is 0 Å². The van der Waals surface area contributed by atoms with Gasteiger partial charge in [0.05, 0.1) is 12.6 Å². The van der Waals surface area contributed by atoms with E-state index in [0.29, 0.717) is 6.54 Å². The van der Waals surface area contributed by atoms with Crippen molar-refractivity contribution in [2.75, 3.05) is 13.1 Å². The molecule has 1 atom stereocenters. The van der Waals surface area contributed by atoms with E-state index in [1.54, 1.807) is 12.1 Å². The molecule has 20 heavy (non-hydrogen) atoms. The molecule has 2 aliphatic rings. The molecular formula is C15H20ClFN2O. The summed E-state index contributed by atoms with van der Waals surface area (Å²) >= 11 is 0. The number of rotatable bonds is 5. The van der Waals surface area contributed by atoms with E-state index in [2.05, 4.69) is 10.6 Å². The Morgan fingerprint density at radius 3 is 2.85 bits per heavy atom. The van der Waals surface area contributed by atoms with Crippen molar-refractivity contribution < 1.29 is 9.18 Å². The predicted molar refractivity (Wildman–Crippen MR) is 78.4 cm³/mol. The molecule has 1 saturated carbocycles. The molecule has 0 radical (unpaired) electrons. The minimum Gasteiger partial charge on any atom is -0.348 e. The number of carbonyl (C=O) groups excluding carboxylic acids is 1. The number of fused-ring (bicyclic) bond motifs is 1. The highest BCUT2D eigenvalue weighted by Gasteiger charge is 2.24. The first-order valence-corrected chi connectivity index (χ1v) is 7.01. The SMILES string of the molecule is Cl.O=C(CNCC1CC1)NC1CCc2cc(F)ccc21. The number of hydrogen-bond donors (Lipinski definition) is 2. The van der Waals surface area contributed by atoms with Gasteiger partial charge in [-0.25, -0.2) is 4.39 Å². The van der Waals surface area contributed by atoms with Crippen LogP contribution in [0.15, 0.2) is 18.2 Å². The van der Waals surface area contributed by atoms with Crippen LogP contribution < -0.4 is 10.6 Å². The van der Waals surface area contributed by atoms with Crippen LogP contribution in [-0.4, -0.2) is 19.0 Å². The molecule has 1 aromatic carbocycles. The van der Waals surface area contributed by atoms with Gasteiger partial charge in [0.25, 0.3) is 0 Å². The van der Waals surface area contributed by atoms with Crippen LogP contribution in [0.1, 0.15) is 36.4 Å². The first-order chi connectivity index (χ1) is 9.22. The van der Waals surface area contributed by atoms with Gasteiger partial charge < -0.3 is 10.6 Å². The quantitative estimate of drug-likeness (QED) is 0.876. The van der Waals surface area contributed by atoms with Crippen molar-refractivity contribution in [3.8, 4) is 0 Å². The lowest BCUT2D eigenvalue weighted by Crippen LogP contribution is -2.36. The van der Waals surface area contributed by atoms with E-state index < -0.39 is 0 Å². The number of hydrogen-bond acceptors (Lipinski definition) is 2. The van der Waals surface area contributed by atoms with E-state index in [0.717, 1.165) is 36.4 Å². The molecule has 2 N–H and O–H groups in total. The molecule has 1 aromatic rings. The lowest BCUT2D eigenvalue weighted by molar-refractivity contribution is -0.121. The maximum atomic E-state index is 13.1. The van der Waals surface area contributed by atoms with E-state index in [1.165, 1.54) is 18.9 Å². The second-order valence-electron chi connectivity index (χ2n) is 5.58. The lowest BCUT2D eigenvalue weighted by atomic mass is 10.1. The summed E-state index contributed by atoms with van der Waals surface area (Å²) < 4.78 is 13.1. The molecule has 1 amide bonds. The fourth-order valence-corrected chi connectivity index (χ4v) is 2.69. The highest BCUT2D eigenvalue weighted by atomic mass is 35.5. The standard InChI is InChI=1S/C15H19FN2O.ClH/c16-12-4-5-13-11(7-12)3-6-14(13)18-15(19)9-17-8-10-1-2-10;/h4-5,7,10,14,17H,1-3,6,8-9H2,(H,18,19);1H. The van der Waals surface area contributed by atoms with Crippen molar-refractivity contribution in [2.24, 2.45) is 5.92 Å². The summed E-state index contributed by atoms with van der Waals surface area (Å²) in [4.78, 5) is 11.8. The Balaban J connectivity index is 0.00000147. The molecule has 3 rings (SSSR count). The van der Waals surface area contributed by atoms with E-state index in [-0.39, 0.29) is 30.2 Å². The average molecular weight is 299 g/mol. The highest BCUT2D eigenvalue weighted by Crippen LogP contribution is 2.31. The maximum Gasteiger partial charge on any atom is 0.234 e. The molecule has 5 heteroatoms. The third-order valence-electron chi connectivity index (χ3n) is 3.93. The van der Waals surface area contributed by atoms with Gasteiger partial charge in [0.1, 0.15) is 5.82 Å². The molecule has 1 unspecified atom stereocenters. The molecule has 0 aliphatic heterocycles. The fourth-order valence-electron chi connectivity index (χ4n) is 2.69. The Hall–Kier alpha value is -1.13. The molecule has 2 aliphatic carbocycles. The monoisotopic (exact) mass is 298 g/mol. The third kappa shape index (κ3) is 3.70. The van der Waals surface area contributed by atoms with Crippen LogP contribution in [-0.2, 0) is 11.2 Å². The first kappa shape index (κ1) is 15.3. The topological polar surface area (TPSA) is 41.1 Å². The molecule has 0 aromatic heterocycles. The molecular weight excluding hydrogens is 279 g/mol. The Kier molecular flexibility index (Phi) is 5.00. The van der Waals surface area contributed by atoms with Gasteiger partial charge in [-0.2, -0.15) is 0 Å². The van der Waals surface area contributed by atoms with Crippen molar-refractivity contribution in [2.45, 2.75) is 31.7 Å². The molecule has 3 nitrogen and oxygen atoms in total. The fraction of sp³-hybridized carbons (Fsp3) is 0.533. The van der Waals surface area contributed by atoms with Gasteiger partial charge in [-0.1, -0.05) is 6.07 Å². The number of carbonyl (C=O) groups is 1. The van der Waals surface area contributed by atoms with Gasteiger partial charge in [-0.15, -0.1) is 12.4 Å². The summed E-state index contributed by atoms with van der Waals surface area (Å²) in [5.74, 6) is 0.614. The minimum atomic E-state index is -0.197. The zero-order chi connectivity index (χ0) is 13.2. The molecule has 0 bridgehead atoms. The summed E-state index contributed by atoms with van der Waals surface area (Å²) in [5.41, 5.74) is 2.09. The van der Waals surface area contributed by atoms with Gasteiger partial charge in [0.15, 0.2) is 0 Å². The van der Waals surface area contributed by atoms with Crippen molar-refractivity contribution in [3.63, 3.8) is 0 Å². The second-order valence-corrected chi connectivity index (χ2v) is 5.58. The highest BCUT2D eigenvalue weighted by molar-refractivity contribution is 5.85. The van der Waals surface area contributed by atoms with Crippen molar-refractivity contribution in [3.05, 3.63) is 35.1 Å². The molecule has 1 fully saturated rings. The van der Waals surface area contributed by atoms with Crippen molar-refractivity contribution >= 4 is 18.3 Å². The summed E-state index contributed by atoms with van der Waals surface area (Å²) in [5, 5.41) is 6.21. The van der Waals surface area contributed by atoms with Gasteiger partial charge in [0, 0.05) is 0 Å². The van der Waals surface area contributed by atoms with E-state index in [9.17, 15) is 9.18 Å². The van der Waals surface area contributed by atoms with Gasteiger partial charge in [-0.05, 0) is 61.4 Å². The van der Waals surface area contributed by atoms with E-state index in [4.69, 9.17) is 0 Å². The second kappa shape index (κ2) is 6.55. The van der Waals surface area contributed by atoms with Crippen LogP contribution in [0.3, 0.4) is 0 Å². The largest absolute Gasteiger partial charge is 0.348 e. The molecule has 0 spiro atoms. The van der Waals surface area contributed by atoms with Gasteiger partial charge in [-0.3, -0.25) is 4.79 Å². The number of amides is 1. The number of nitrogens with one attached hydrogen (secondary N) is 2. The maximum absolute atomic E-state index is 13.1. The average Bonchev–Trinajstić information content (AvgIpc) is 3.12. The zero-order valence-electron chi connectivity index (χ0n) is 11.3. The van der Waals surface area contributed by atoms with E-state index >= 15 is 0 Å². The van der Waals surface area contributed by atoms with Crippen molar-refractivity contribution in [1.82, 2.24) is 10.6 Å². The zero-order valence-corrected chi connectivity index (χ0v) is 12.1. The van der Waals surface area contributed by atoms with Crippen LogP contribution in [0.2, 0.25) is 0 Å². The summed E-state index contributed by atoms with van der Waals surface area (Å²) in [6.45, 7) is 1.32. The lowest BCUT2D eigenvalue weighted by Gasteiger charge is -2.14.